The lowest BCUT2D eigenvalue weighted by molar-refractivity contribution is 0.0790. The first-order chi connectivity index (χ1) is 14.3. The van der Waals surface area contributed by atoms with Crippen molar-refractivity contribution in [3.63, 3.8) is 0 Å². The molecule has 2 heterocycles. The van der Waals surface area contributed by atoms with E-state index in [2.05, 4.69) is 39.2 Å². The van der Waals surface area contributed by atoms with Crippen molar-refractivity contribution in [2.24, 2.45) is 11.3 Å². The van der Waals surface area contributed by atoms with E-state index in [1.54, 1.807) is 29.2 Å². The third-order valence-electron chi connectivity index (χ3n) is 5.66. The number of anilines is 1. The summed E-state index contributed by atoms with van der Waals surface area (Å²) in [5, 5.41) is 3.53. The number of thiophene rings is 1. The van der Waals surface area contributed by atoms with E-state index in [1.165, 1.54) is 22.5 Å². The molecule has 0 saturated carbocycles. The van der Waals surface area contributed by atoms with E-state index in [0.29, 0.717) is 29.6 Å². The van der Waals surface area contributed by atoms with Gasteiger partial charge in [-0.25, -0.2) is 0 Å². The largest absolute Gasteiger partial charge is 0.459 e. The SMILES string of the molecule is C=CCN(CC=C)C(=O)c1c(NC(=O)c2ccco2)sc2c1CCC(C(C)(C)C)C2. The summed E-state index contributed by atoms with van der Waals surface area (Å²) in [7, 11) is 0. The summed E-state index contributed by atoms with van der Waals surface area (Å²) in [6.07, 6.45) is 7.66. The summed E-state index contributed by atoms with van der Waals surface area (Å²) >= 11 is 1.52. The molecule has 1 atom stereocenters. The molecule has 30 heavy (non-hydrogen) atoms. The van der Waals surface area contributed by atoms with Gasteiger partial charge in [0.1, 0.15) is 5.00 Å². The Morgan fingerprint density at radius 1 is 1.30 bits per heavy atom. The molecule has 0 aliphatic heterocycles. The predicted octanol–water partition coefficient (Wildman–Crippen LogP) is 5.56. The van der Waals surface area contributed by atoms with E-state index in [9.17, 15) is 9.59 Å². The molecule has 2 aromatic rings. The number of hydrogen-bond acceptors (Lipinski definition) is 4. The van der Waals surface area contributed by atoms with Crippen LogP contribution in [-0.4, -0.2) is 29.8 Å². The van der Waals surface area contributed by atoms with Crippen molar-refractivity contribution < 1.29 is 14.0 Å². The van der Waals surface area contributed by atoms with Gasteiger partial charge < -0.3 is 14.6 Å². The molecule has 0 radical (unpaired) electrons. The van der Waals surface area contributed by atoms with Gasteiger partial charge in [-0.3, -0.25) is 9.59 Å². The monoisotopic (exact) mass is 426 g/mol. The maximum Gasteiger partial charge on any atom is 0.291 e. The van der Waals surface area contributed by atoms with Gasteiger partial charge in [-0.05, 0) is 48.3 Å². The molecule has 160 valence electrons. The predicted molar refractivity (Wildman–Crippen MR) is 122 cm³/mol. The zero-order chi connectivity index (χ0) is 21.9. The number of rotatable bonds is 7. The summed E-state index contributed by atoms with van der Waals surface area (Å²) in [5.41, 5.74) is 1.87. The van der Waals surface area contributed by atoms with Gasteiger partial charge in [0.15, 0.2) is 5.76 Å². The number of nitrogens with zero attached hydrogens (tertiary/aromatic N) is 1. The fourth-order valence-electron chi connectivity index (χ4n) is 3.92. The molecule has 1 N–H and O–H groups in total. The van der Waals surface area contributed by atoms with Gasteiger partial charge in [0.2, 0.25) is 0 Å². The summed E-state index contributed by atoms with van der Waals surface area (Å²) in [4.78, 5) is 29.0. The molecule has 0 bridgehead atoms. The Morgan fingerprint density at radius 2 is 2.00 bits per heavy atom. The van der Waals surface area contributed by atoms with Gasteiger partial charge in [-0.1, -0.05) is 32.9 Å². The second-order valence-corrected chi connectivity index (χ2v) is 9.84. The van der Waals surface area contributed by atoms with Crippen LogP contribution in [0.2, 0.25) is 0 Å². The molecule has 1 aliphatic rings. The Hall–Kier alpha value is -2.60. The zero-order valence-electron chi connectivity index (χ0n) is 18.0. The molecule has 0 spiro atoms. The maximum absolute atomic E-state index is 13.5. The van der Waals surface area contributed by atoms with Crippen LogP contribution in [0.1, 0.15) is 58.5 Å². The molecule has 1 aliphatic carbocycles. The normalized spacial score (nSPS) is 15.9. The summed E-state index contributed by atoms with van der Waals surface area (Å²) in [5.74, 6) is 0.314. The first-order valence-electron chi connectivity index (χ1n) is 10.3. The number of carbonyl (C=O) groups is 2. The summed E-state index contributed by atoms with van der Waals surface area (Å²) in [6, 6.07) is 3.28. The molecule has 0 fully saturated rings. The minimum absolute atomic E-state index is 0.101. The van der Waals surface area contributed by atoms with E-state index in [0.717, 1.165) is 24.8 Å². The fourth-order valence-corrected chi connectivity index (χ4v) is 5.24. The van der Waals surface area contributed by atoms with E-state index >= 15 is 0 Å². The standard InChI is InChI=1S/C24H30N2O3S/c1-6-12-26(13-7-2)23(28)20-17-11-10-16(24(3,4)5)15-19(17)30-22(20)25-21(27)18-9-8-14-29-18/h6-9,14,16H,1-2,10-13,15H2,3-5H3,(H,25,27). The van der Waals surface area contributed by atoms with Crippen molar-refractivity contribution in [3.8, 4) is 0 Å². The van der Waals surface area contributed by atoms with Crippen LogP contribution < -0.4 is 5.32 Å². The van der Waals surface area contributed by atoms with Crippen LogP contribution in [0.4, 0.5) is 5.00 Å². The molecule has 5 nitrogen and oxygen atoms in total. The maximum atomic E-state index is 13.5. The second-order valence-electron chi connectivity index (χ2n) is 8.73. The van der Waals surface area contributed by atoms with Crippen LogP contribution >= 0.6 is 11.3 Å². The molecule has 2 aromatic heterocycles. The highest BCUT2D eigenvalue weighted by Crippen LogP contribution is 2.44. The summed E-state index contributed by atoms with van der Waals surface area (Å²) in [6.45, 7) is 15.2. The highest BCUT2D eigenvalue weighted by Gasteiger charge is 2.35. The Kier molecular flexibility index (Phi) is 6.66. The molecular formula is C24H30N2O3S. The third kappa shape index (κ3) is 4.59. The van der Waals surface area contributed by atoms with Crippen LogP contribution in [-0.2, 0) is 12.8 Å². The molecule has 0 aromatic carbocycles. The van der Waals surface area contributed by atoms with Gasteiger partial charge in [0, 0.05) is 18.0 Å². The Bertz CT molecular complexity index is 925. The van der Waals surface area contributed by atoms with E-state index in [-0.39, 0.29) is 23.0 Å². The van der Waals surface area contributed by atoms with Crippen molar-refractivity contribution in [2.75, 3.05) is 18.4 Å². The van der Waals surface area contributed by atoms with E-state index in [1.807, 2.05) is 0 Å². The van der Waals surface area contributed by atoms with Crippen molar-refractivity contribution in [1.29, 1.82) is 0 Å². The molecule has 0 saturated heterocycles. The van der Waals surface area contributed by atoms with Crippen molar-refractivity contribution in [3.05, 3.63) is 65.5 Å². The van der Waals surface area contributed by atoms with E-state index in [4.69, 9.17) is 4.42 Å². The fraction of sp³-hybridized carbons (Fsp3) is 0.417. The minimum atomic E-state index is -0.348. The van der Waals surface area contributed by atoms with Gasteiger partial charge in [0.05, 0.1) is 11.8 Å². The topological polar surface area (TPSA) is 62.6 Å². The van der Waals surface area contributed by atoms with Crippen LogP contribution in [0.15, 0.2) is 48.1 Å². The van der Waals surface area contributed by atoms with Crippen LogP contribution in [0, 0.1) is 11.3 Å². The number of carbonyl (C=O) groups excluding carboxylic acids is 2. The van der Waals surface area contributed by atoms with Crippen molar-refractivity contribution >= 4 is 28.2 Å². The molecule has 6 heteroatoms. The third-order valence-corrected chi connectivity index (χ3v) is 6.83. The number of nitrogens with one attached hydrogen (secondary N) is 1. The smallest absolute Gasteiger partial charge is 0.291 e. The Balaban J connectivity index is 2.01. The van der Waals surface area contributed by atoms with Crippen molar-refractivity contribution in [1.82, 2.24) is 4.90 Å². The Morgan fingerprint density at radius 3 is 2.57 bits per heavy atom. The molecule has 2 amide bonds. The van der Waals surface area contributed by atoms with Crippen LogP contribution in [0.3, 0.4) is 0 Å². The summed E-state index contributed by atoms with van der Waals surface area (Å²) < 4.78 is 5.23. The van der Waals surface area contributed by atoms with Gasteiger partial charge in [-0.2, -0.15) is 0 Å². The van der Waals surface area contributed by atoms with Crippen LogP contribution in [0.25, 0.3) is 0 Å². The van der Waals surface area contributed by atoms with Crippen LogP contribution in [0.5, 0.6) is 0 Å². The zero-order valence-corrected chi connectivity index (χ0v) is 18.8. The Labute approximate surface area is 182 Å². The lowest BCUT2D eigenvalue weighted by Crippen LogP contribution is -2.33. The quantitative estimate of drug-likeness (QED) is 0.590. The number of furan rings is 1. The average molecular weight is 427 g/mol. The first-order valence-corrected chi connectivity index (χ1v) is 11.1. The minimum Gasteiger partial charge on any atom is -0.459 e. The van der Waals surface area contributed by atoms with E-state index < -0.39 is 0 Å². The molecular weight excluding hydrogens is 396 g/mol. The molecule has 1 unspecified atom stereocenters. The van der Waals surface area contributed by atoms with Gasteiger partial charge in [0.25, 0.3) is 11.8 Å². The first kappa shape index (κ1) is 22.1. The highest BCUT2D eigenvalue weighted by molar-refractivity contribution is 7.17. The number of fused-ring (bicyclic) bond motifs is 1. The average Bonchev–Trinajstić information content (AvgIpc) is 3.34. The number of hydrogen-bond donors (Lipinski definition) is 1. The molecule has 3 rings (SSSR count). The highest BCUT2D eigenvalue weighted by atomic mass is 32.1. The second kappa shape index (κ2) is 9.04. The number of amides is 2. The lowest BCUT2D eigenvalue weighted by atomic mass is 9.72. The van der Waals surface area contributed by atoms with Crippen molar-refractivity contribution in [2.45, 2.75) is 40.0 Å². The van der Waals surface area contributed by atoms with Gasteiger partial charge in [-0.15, -0.1) is 24.5 Å². The lowest BCUT2D eigenvalue weighted by Gasteiger charge is -2.34. The van der Waals surface area contributed by atoms with Gasteiger partial charge >= 0.3 is 0 Å².